The molecule has 5 fully saturated rings. The largest absolute Gasteiger partial charge is 0.465 e. The lowest BCUT2D eigenvalue weighted by Crippen LogP contribution is -2.80. The van der Waals surface area contributed by atoms with Gasteiger partial charge in [0.1, 0.15) is 18.3 Å². The van der Waals surface area contributed by atoms with Crippen LogP contribution in [0.15, 0.2) is 0 Å². The minimum atomic E-state index is -0.999. The SMILES string of the molecule is CC[C@@H](C)C(=O)O[C@H]1[C@H](OC(C)=O)[C@]2(C)C[C@@]3(COC(=O)C3)CO[C@]2(C)[C@H]2CCC[C@]3(CO3)[C@]12COC(C)=O. The normalized spacial score (nSPS) is 45.1. The molecule has 218 valence electrons. The van der Waals surface area contributed by atoms with E-state index in [1.54, 1.807) is 6.92 Å². The van der Waals surface area contributed by atoms with Crippen LogP contribution in [0.1, 0.15) is 80.1 Å². The Bertz CT molecular complexity index is 1050. The summed E-state index contributed by atoms with van der Waals surface area (Å²) in [5, 5.41) is 0. The second-order valence-electron chi connectivity index (χ2n) is 13.1. The number of cyclic esters (lactones) is 1. The molecule has 9 atom stereocenters. The number of ether oxygens (including phenoxy) is 6. The second kappa shape index (κ2) is 9.43. The summed E-state index contributed by atoms with van der Waals surface area (Å²) in [5.74, 6) is -2.29. The average Bonchev–Trinajstić information content (AvgIpc) is 3.56. The summed E-state index contributed by atoms with van der Waals surface area (Å²) in [7, 11) is 0. The first-order valence-corrected chi connectivity index (χ1v) is 14.2. The van der Waals surface area contributed by atoms with Crippen LogP contribution in [0.4, 0.5) is 0 Å². The summed E-state index contributed by atoms with van der Waals surface area (Å²) in [6.07, 6.45) is 1.66. The fourth-order valence-corrected chi connectivity index (χ4v) is 8.41. The van der Waals surface area contributed by atoms with Gasteiger partial charge in [-0.3, -0.25) is 19.2 Å². The Morgan fingerprint density at radius 3 is 2.31 bits per heavy atom. The summed E-state index contributed by atoms with van der Waals surface area (Å²) in [4.78, 5) is 50.7. The third-order valence-corrected chi connectivity index (χ3v) is 10.8. The van der Waals surface area contributed by atoms with E-state index in [4.69, 9.17) is 28.4 Å². The van der Waals surface area contributed by atoms with Crippen LogP contribution in [0.25, 0.3) is 0 Å². The van der Waals surface area contributed by atoms with Crippen LogP contribution in [0.2, 0.25) is 0 Å². The number of carbonyl (C=O) groups is 4. The molecule has 0 aromatic rings. The zero-order valence-corrected chi connectivity index (χ0v) is 24.0. The van der Waals surface area contributed by atoms with E-state index in [-0.39, 0.29) is 37.4 Å². The van der Waals surface area contributed by atoms with Crippen molar-refractivity contribution in [2.45, 2.75) is 103 Å². The van der Waals surface area contributed by atoms with Gasteiger partial charge in [-0.1, -0.05) is 27.2 Å². The first-order chi connectivity index (χ1) is 18.3. The Kier molecular flexibility index (Phi) is 6.85. The highest BCUT2D eigenvalue weighted by atomic mass is 16.6. The van der Waals surface area contributed by atoms with Crippen molar-refractivity contribution in [1.29, 1.82) is 0 Å². The summed E-state index contributed by atoms with van der Waals surface area (Å²) in [5.41, 5.74) is -4.01. The van der Waals surface area contributed by atoms with E-state index in [0.717, 1.165) is 12.8 Å². The van der Waals surface area contributed by atoms with Gasteiger partial charge < -0.3 is 28.4 Å². The fraction of sp³-hybridized carbons (Fsp3) is 0.862. The zero-order chi connectivity index (χ0) is 28.4. The predicted octanol–water partition coefficient (Wildman–Crippen LogP) is 3.13. The molecule has 10 heteroatoms. The predicted molar refractivity (Wildman–Crippen MR) is 135 cm³/mol. The number of rotatable bonds is 6. The summed E-state index contributed by atoms with van der Waals surface area (Å²) >= 11 is 0. The van der Waals surface area contributed by atoms with Crippen molar-refractivity contribution in [2.24, 2.45) is 28.1 Å². The molecule has 5 aliphatic rings. The number of hydrogen-bond acceptors (Lipinski definition) is 10. The maximum atomic E-state index is 13.5. The van der Waals surface area contributed by atoms with Crippen molar-refractivity contribution in [3.8, 4) is 0 Å². The summed E-state index contributed by atoms with van der Waals surface area (Å²) in [6, 6.07) is 0. The first kappa shape index (κ1) is 28.3. The summed E-state index contributed by atoms with van der Waals surface area (Å²) in [6.45, 7) is 11.4. The number of esters is 4. The molecule has 0 bridgehead atoms. The highest BCUT2D eigenvalue weighted by Gasteiger charge is 2.82. The van der Waals surface area contributed by atoms with Gasteiger partial charge in [-0.15, -0.1) is 0 Å². The van der Waals surface area contributed by atoms with E-state index < -0.39 is 57.6 Å². The Morgan fingerprint density at radius 1 is 1.03 bits per heavy atom. The minimum absolute atomic E-state index is 0.0506. The number of hydrogen-bond donors (Lipinski definition) is 0. The number of fused-ring (bicyclic) bond motifs is 4. The fourth-order valence-electron chi connectivity index (χ4n) is 8.41. The molecule has 0 radical (unpaired) electrons. The van der Waals surface area contributed by atoms with Gasteiger partial charge in [-0.25, -0.2) is 0 Å². The van der Waals surface area contributed by atoms with Crippen LogP contribution in [0, 0.1) is 28.1 Å². The van der Waals surface area contributed by atoms with Crippen LogP contribution < -0.4 is 0 Å². The van der Waals surface area contributed by atoms with Crippen molar-refractivity contribution in [2.75, 3.05) is 26.4 Å². The minimum Gasteiger partial charge on any atom is -0.465 e. The van der Waals surface area contributed by atoms with Crippen molar-refractivity contribution < 1.29 is 47.6 Å². The summed E-state index contributed by atoms with van der Waals surface area (Å²) < 4.78 is 36.8. The Balaban J connectivity index is 1.71. The number of epoxide rings is 1. The van der Waals surface area contributed by atoms with E-state index in [0.29, 0.717) is 32.5 Å². The Morgan fingerprint density at radius 2 is 1.74 bits per heavy atom. The molecule has 0 aromatic carbocycles. The van der Waals surface area contributed by atoms with Gasteiger partial charge >= 0.3 is 23.9 Å². The monoisotopic (exact) mass is 550 g/mol. The smallest absolute Gasteiger partial charge is 0.309 e. The quantitative estimate of drug-likeness (QED) is 0.276. The first-order valence-electron chi connectivity index (χ1n) is 14.2. The van der Waals surface area contributed by atoms with Gasteiger partial charge in [0.15, 0.2) is 6.10 Å². The third-order valence-electron chi connectivity index (χ3n) is 10.8. The molecule has 0 N–H and O–H groups in total. The molecule has 0 amide bonds. The van der Waals surface area contributed by atoms with Crippen LogP contribution >= 0.6 is 0 Å². The van der Waals surface area contributed by atoms with E-state index in [1.165, 1.54) is 13.8 Å². The molecular formula is C29H42O10. The van der Waals surface area contributed by atoms with Crippen LogP contribution in [0.3, 0.4) is 0 Å². The molecule has 3 heterocycles. The van der Waals surface area contributed by atoms with E-state index in [1.807, 2.05) is 20.8 Å². The third kappa shape index (κ3) is 4.11. The lowest BCUT2D eigenvalue weighted by molar-refractivity contribution is -0.349. The second-order valence-corrected chi connectivity index (χ2v) is 13.1. The average molecular weight is 551 g/mol. The lowest BCUT2D eigenvalue weighted by Gasteiger charge is -2.70. The maximum Gasteiger partial charge on any atom is 0.309 e. The van der Waals surface area contributed by atoms with Crippen LogP contribution in [-0.4, -0.2) is 73.7 Å². The molecular weight excluding hydrogens is 508 g/mol. The number of carbonyl (C=O) groups excluding carboxylic acids is 4. The van der Waals surface area contributed by atoms with Gasteiger partial charge in [0.2, 0.25) is 0 Å². The molecule has 39 heavy (non-hydrogen) atoms. The van der Waals surface area contributed by atoms with Crippen molar-refractivity contribution in [1.82, 2.24) is 0 Å². The molecule has 2 spiro atoms. The Labute approximate surface area is 229 Å². The van der Waals surface area contributed by atoms with Gasteiger partial charge in [-0.2, -0.15) is 0 Å². The molecule has 5 rings (SSSR count). The lowest BCUT2D eigenvalue weighted by atomic mass is 9.40. The molecule has 10 nitrogen and oxygen atoms in total. The van der Waals surface area contributed by atoms with Gasteiger partial charge in [-0.05, 0) is 32.6 Å². The van der Waals surface area contributed by atoms with Gasteiger partial charge in [0.25, 0.3) is 0 Å². The highest BCUT2D eigenvalue weighted by Crippen LogP contribution is 2.72. The maximum absolute atomic E-state index is 13.5. The molecule has 2 saturated carbocycles. The topological polar surface area (TPSA) is 127 Å². The van der Waals surface area contributed by atoms with E-state index in [2.05, 4.69) is 0 Å². The van der Waals surface area contributed by atoms with Crippen LogP contribution in [-0.2, 0) is 47.6 Å². The van der Waals surface area contributed by atoms with E-state index in [9.17, 15) is 19.2 Å². The van der Waals surface area contributed by atoms with E-state index >= 15 is 0 Å². The molecule has 3 aliphatic heterocycles. The van der Waals surface area contributed by atoms with Gasteiger partial charge in [0.05, 0.1) is 43.2 Å². The molecule has 3 saturated heterocycles. The molecule has 0 unspecified atom stereocenters. The Hall–Kier alpha value is -2.20. The van der Waals surface area contributed by atoms with Crippen molar-refractivity contribution in [3.63, 3.8) is 0 Å². The van der Waals surface area contributed by atoms with Crippen LogP contribution in [0.5, 0.6) is 0 Å². The van der Waals surface area contributed by atoms with Gasteiger partial charge in [0, 0.05) is 30.6 Å². The zero-order valence-electron chi connectivity index (χ0n) is 24.0. The van der Waals surface area contributed by atoms with Crippen molar-refractivity contribution >= 4 is 23.9 Å². The van der Waals surface area contributed by atoms with Crippen molar-refractivity contribution in [3.05, 3.63) is 0 Å². The molecule has 0 aromatic heterocycles. The highest BCUT2D eigenvalue weighted by molar-refractivity contribution is 5.73. The standard InChI is InChI=1S/C29H42O10/c1-7-17(2)24(33)39-23-22(38-19(4)31)25(5)12-27(11-21(32)35-13-27)14-36-26(25,6)20-9-8-10-28(15-37-28)29(20,23)16-34-18(3)30/h17,20,22-23H,7-16H2,1-6H3/t17-,20-,22+,23+,25+,26-,27+,28+,29+/m1/s1. The molecule has 2 aliphatic carbocycles.